The zero-order chi connectivity index (χ0) is 19.3. The monoisotopic (exact) mass is 386 g/mol. The van der Waals surface area contributed by atoms with Gasteiger partial charge in [0, 0.05) is 30.9 Å². The Labute approximate surface area is 163 Å². The van der Waals surface area contributed by atoms with Crippen molar-refractivity contribution in [1.29, 1.82) is 0 Å². The van der Waals surface area contributed by atoms with Crippen molar-refractivity contribution in [3.63, 3.8) is 0 Å². The Morgan fingerprint density at radius 1 is 1.04 bits per heavy atom. The fraction of sp³-hybridized carbons (Fsp3) is 0.381. The molecule has 0 N–H and O–H groups in total. The Kier molecular flexibility index (Phi) is 5.62. The third kappa shape index (κ3) is 4.36. The molecular formula is C21H23FN2O4. The molecule has 1 fully saturated rings. The van der Waals surface area contributed by atoms with E-state index in [0.717, 1.165) is 43.3 Å². The molecule has 0 radical (unpaired) electrons. The molecule has 2 heterocycles. The zero-order valence-corrected chi connectivity index (χ0v) is 15.6. The van der Waals surface area contributed by atoms with E-state index in [1.165, 1.54) is 24.3 Å². The van der Waals surface area contributed by atoms with Gasteiger partial charge in [0.1, 0.15) is 23.9 Å². The summed E-state index contributed by atoms with van der Waals surface area (Å²) < 4.78 is 29.7. The largest absolute Gasteiger partial charge is 0.491 e. The lowest BCUT2D eigenvalue weighted by molar-refractivity contribution is -0.134. The maximum Gasteiger partial charge on any atom is 0.260 e. The highest BCUT2D eigenvalue weighted by molar-refractivity contribution is 5.78. The van der Waals surface area contributed by atoms with Crippen LogP contribution in [-0.4, -0.2) is 56.9 Å². The van der Waals surface area contributed by atoms with Gasteiger partial charge in [-0.1, -0.05) is 0 Å². The number of amides is 1. The van der Waals surface area contributed by atoms with Crippen LogP contribution in [0.3, 0.4) is 0 Å². The highest BCUT2D eigenvalue weighted by Gasteiger charge is 2.22. The van der Waals surface area contributed by atoms with E-state index < -0.39 is 0 Å². The first-order valence-corrected chi connectivity index (χ1v) is 9.43. The SMILES string of the molecule is O=C(COc1ccc(F)cc1)N1CCOc2ccc(N3CCOCC3)cc2C1. The zero-order valence-electron chi connectivity index (χ0n) is 15.6. The number of ether oxygens (including phenoxy) is 3. The number of hydrogen-bond donors (Lipinski definition) is 0. The Morgan fingerprint density at radius 2 is 1.82 bits per heavy atom. The number of anilines is 1. The van der Waals surface area contributed by atoms with Crippen LogP contribution in [0.5, 0.6) is 11.5 Å². The topological polar surface area (TPSA) is 51.2 Å². The molecule has 0 unspecified atom stereocenters. The summed E-state index contributed by atoms with van der Waals surface area (Å²) in [4.78, 5) is 16.6. The molecule has 2 aliphatic heterocycles. The van der Waals surface area contributed by atoms with Crippen molar-refractivity contribution >= 4 is 11.6 Å². The Bertz CT molecular complexity index is 822. The molecule has 0 spiro atoms. The Balaban J connectivity index is 1.42. The number of rotatable bonds is 4. The fourth-order valence-electron chi connectivity index (χ4n) is 3.38. The van der Waals surface area contributed by atoms with Gasteiger partial charge in [-0.3, -0.25) is 4.79 Å². The molecule has 148 valence electrons. The number of hydrogen-bond acceptors (Lipinski definition) is 5. The van der Waals surface area contributed by atoms with E-state index in [1.807, 2.05) is 6.07 Å². The van der Waals surface area contributed by atoms with Gasteiger partial charge in [-0.05, 0) is 42.5 Å². The predicted octanol–water partition coefficient (Wildman–Crippen LogP) is 2.46. The fourth-order valence-corrected chi connectivity index (χ4v) is 3.38. The molecule has 0 aromatic heterocycles. The van der Waals surface area contributed by atoms with E-state index in [1.54, 1.807) is 4.90 Å². The van der Waals surface area contributed by atoms with Gasteiger partial charge in [-0.15, -0.1) is 0 Å². The van der Waals surface area contributed by atoms with Crippen LogP contribution >= 0.6 is 0 Å². The summed E-state index contributed by atoms with van der Waals surface area (Å²) >= 11 is 0. The third-order valence-corrected chi connectivity index (χ3v) is 4.93. The maximum atomic E-state index is 13.0. The Morgan fingerprint density at radius 3 is 2.61 bits per heavy atom. The van der Waals surface area contributed by atoms with Gasteiger partial charge < -0.3 is 24.0 Å². The van der Waals surface area contributed by atoms with E-state index in [-0.39, 0.29) is 18.3 Å². The molecule has 4 rings (SSSR count). The van der Waals surface area contributed by atoms with Crippen LogP contribution in [0.2, 0.25) is 0 Å². The molecule has 1 amide bonds. The van der Waals surface area contributed by atoms with Crippen LogP contribution in [0.1, 0.15) is 5.56 Å². The highest BCUT2D eigenvalue weighted by atomic mass is 19.1. The van der Waals surface area contributed by atoms with Crippen molar-refractivity contribution in [1.82, 2.24) is 4.90 Å². The number of fused-ring (bicyclic) bond motifs is 1. The van der Waals surface area contributed by atoms with Crippen LogP contribution in [0.25, 0.3) is 0 Å². The maximum absolute atomic E-state index is 13.0. The molecule has 28 heavy (non-hydrogen) atoms. The normalized spacial score (nSPS) is 16.8. The molecule has 1 saturated heterocycles. The van der Waals surface area contributed by atoms with Gasteiger partial charge in [0.2, 0.25) is 0 Å². The lowest BCUT2D eigenvalue weighted by Gasteiger charge is -2.29. The molecule has 7 heteroatoms. The summed E-state index contributed by atoms with van der Waals surface area (Å²) in [6.45, 7) is 4.46. The van der Waals surface area contributed by atoms with Crippen molar-refractivity contribution < 1.29 is 23.4 Å². The number of benzene rings is 2. The average Bonchev–Trinajstić information content (AvgIpc) is 2.95. The number of carbonyl (C=O) groups excluding carboxylic acids is 1. The van der Waals surface area contributed by atoms with Gasteiger partial charge >= 0.3 is 0 Å². The van der Waals surface area contributed by atoms with Gasteiger partial charge in [0.05, 0.1) is 19.8 Å². The van der Waals surface area contributed by atoms with Crippen LogP contribution in [0.15, 0.2) is 42.5 Å². The van der Waals surface area contributed by atoms with Gasteiger partial charge in [0.15, 0.2) is 6.61 Å². The Hall–Kier alpha value is -2.80. The number of nitrogens with zero attached hydrogens (tertiary/aromatic N) is 2. The second kappa shape index (κ2) is 8.48. The number of halogens is 1. The number of carbonyl (C=O) groups is 1. The summed E-state index contributed by atoms with van der Waals surface area (Å²) in [6, 6.07) is 11.8. The summed E-state index contributed by atoms with van der Waals surface area (Å²) in [5.41, 5.74) is 2.10. The molecule has 6 nitrogen and oxygen atoms in total. The minimum absolute atomic E-state index is 0.0931. The van der Waals surface area contributed by atoms with Crippen LogP contribution in [0, 0.1) is 5.82 Å². The summed E-state index contributed by atoms with van der Waals surface area (Å²) in [5, 5.41) is 0. The van der Waals surface area contributed by atoms with Crippen LogP contribution < -0.4 is 14.4 Å². The lowest BCUT2D eigenvalue weighted by atomic mass is 10.1. The van der Waals surface area contributed by atoms with Gasteiger partial charge in [0.25, 0.3) is 5.91 Å². The quantitative estimate of drug-likeness (QED) is 0.808. The standard InChI is InChI=1S/C21H23FN2O4/c22-17-1-4-19(5-2-17)28-15-21(25)24-9-12-27-20-6-3-18(13-16(20)14-24)23-7-10-26-11-8-23/h1-6,13H,7-12,14-15H2. The van der Waals surface area contributed by atoms with Crippen LogP contribution in [-0.2, 0) is 16.1 Å². The summed E-state index contributed by atoms with van der Waals surface area (Å²) in [7, 11) is 0. The first-order chi connectivity index (χ1) is 13.7. The first kappa shape index (κ1) is 18.6. The minimum Gasteiger partial charge on any atom is -0.491 e. The van der Waals surface area contributed by atoms with Crippen molar-refractivity contribution in [3.8, 4) is 11.5 Å². The molecule has 0 bridgehead atoms. The van der Waals surface area contributed by atoms with Crippen LogP contribution in [0.4, 0.5) is 10.1 Å². The molecule has 2 aliphatic rings. The molecule has 0 saturated carbocycles. The lowest BCUT2D eigenvalue weighted by Crippen LogP contribution is -2.36. The minimum atomic E-state index is -0.337. The van der Waals surface area contributed by atoms with E-state index in [2.05, 4.69) is 17.0 Å². The molecular weight excluding hydrogens is 363 g/mol. The first-order valence-electron chi connectivity index (χ1n) is 9.43. The third-order valence-electron chi connectivity index (χ3n) is 4.93. The van der Waals surface area contributed by atoms with Gasteiger partial charge in [-0.25, -0.2) is 4.39 Å². The van der Waals surface area contributed by atoms with Crippen molar-refractivity contribution in [2.24, 2.45) is 0 Å². The van der Waals surface area contributed by atoms with E-state index >= 15 is 0 Å². The summed E-state index contributed by atoms with van der Waals surface area (Å²) in [6.07, 6.45) is 0. The second-order valence-electron chi connectivity index (χ2n) is 6.80. The molecule has 2 aromatic carbocycles. The number of morpholine rings is 1. The molecule has 0 atom stereocenters. The average molecular weight is 386 g/mol. The predicted molar refractivity (Wildman–Crippen MR) is 102 cm³/mol. The molecule has 2 aromatic rings. The van der Waals surface area contributed by atoms with E-state index in [9.17, 15) is 9.18 Å². The van der Waals surface area contributed by atoms with Crippen molar-refractivity contribution in [3.05, 3.63) is 53.8 Å². The van der Waals surface area contributed by atoms with Crippen molar-refractivity contribution in [2.75, 3.05) is 51.0 Å². The second-order valence-corrected chi connectivity index (χ2v) is 6.80. The van der Waals surface area contributed by atoms with Crippen molar-refractivity contribution in [2.45, 2.75) is 6.54 Å². The molecule has 0 aliphatic carbocycles. The van der Waals surface area contributed by atoms with Gasteiger partial charge in [-0.2, -0.15) is 0 Å². The summed E-state index contributed by atoms with van der Waals surface area (Å²) in [5.74, 6) is 0.816. The highest BCUT2D eigenvalue weighted by Crippen LogP contribution is 2.28. The smallest absolute Gasteiger partial charge is 0.260 e. The van der Waals surface area contributed by atoms with E-state index in [0.29, 0.717) is 25.4 Å². The van der Waals surface area contributed by atoms with E-state index in [4.69, 9.17) is 14.2 Å².